The van der Waals surface area contributed by atoms with Crippen molar-refractivity contribution in [2.75, 3.05) is 27.3 Å². The molecule has 2 N–H and O–H groups in total. The fourth-order valence-corrected chi connectivity index (χ4v) is 3.28. The third kappa shape index (κ3) is 3.66. The molecule has 0 saturated carbocycles. The van der Waals surface area contributed by atoms with Crippen LogP contribution in [0.3, 0.4) is 0 Å². The zero-order valence-electron chi connectivity index (χ0n) is 13.7. The summed E-state index contributed by atoms with van der Waals surface area (Å²) in [6.07, 6.45) is 0. The average Bonchev–Trinajstić information content (AvgIpc) is 2.95. The van der Waals surface area contributed by atoms with E-state index < -0.39 is 0 Å². The summed E-state index contributed by atoms with van der Waals surface area (Å²) in [5.74, 6) is 1.92. The molecule has 0 spiro atoms. The van der Waals surface area contributed by atoms with Crippen LogP contribution in [0.25, 0.3) is 0 Å². The van der Waals surface area contributed by atoms with Gasteiger partial charge in [-0.1, -0.05) is 30.3 Å². The maximum Gasteiger partial charge on any atom is 0.122 e. The highest BCUT2D eigenvalue weighted by atomic mass is 16.5. The van der Waals surface area contributed by atoms with E-state index in [1.807, 2.05) is 12.1 Å². The third-order valence-electron chi connectivity index (χ3n) is 4.49. The highest BCUT2D eigenvalue weighted by molar-refractivity contribution is 5.41. The molecule has 2 atom stereocenters. The molecule has 0 amide bonds. The molecular formula is C19H24N2O2. The van der Waals surface area contributed by atoms with Gasteiger partial charge in [0.1, 0.15) is 11.5 Å². The number of hydrogen-bond acceptors (Lipinski definition) is 4. The average molecular weight is 312 g/mol. The maximum atomic E-state index is 6.41. The van der Waals surface area contributed by atoms with E-state index in [2.05, 4.69) is 41.3 Å². The quantitative estimate of drug-likeness (QED) is 0.922. The molecule has 23 heavy (non-hydrogen) atoms. The van der Waals surface area contributed by atoms with E-state index in [4.69, 9.17) is 15.2 Å². The zero-order chi connectivity index (χ0) is 16.2. The van der Waals surface area contributed by atoms with Gasteiger partial charge in [0.05, 0.1) is 14.2 Å². The first-order valence-corrected chi connectivity index (χ1v) is 7.94. The number of rotatable bonds is 5. The molecule has 0 radical (unpaired) electrons. The smallest absolute Gasteiger partial charge is 0.122 e. The van der Waals surface area contributed by atoms with Crippen molar-refractivity contribution in [1.29, 1.82) is 0 Å². The van der Waals surface area contributed by atoms with Crippen LogP contribution in [-0.2, 0) is 6.54 Å². The predicted molar refractivity (Wildman–Crippen MR) is 92.0 cm³/mol. The van der Waals surface area contributed by atoms with Crippen molar-refractivity contribution >= 4 is 0 Å². The van der Waals surface area contributed by atoms with E-state index >= 15 is 0 Å². The fourth-order valence-electron chi connectivity index (χ4n) is 3.28. The van der Waals surface area contributed by atoms with Crippen LogP contribution in [0.1, 0.15) is 17.0 Å². The largest absolute Gasteiger partial charge is 0.497 e. The molecule has 1 fully saturated rings. The lowest BCUT2D eigenvalue weighted by atomic mass is 9.94. The summed E-state index contributed by atoms with van der Waals surface area (Å²) < 4.78 is 10.8. The van der Waals surface area contributed by atoms with Gasteiger partial charge in [-0.3, -0.25) is 4.90 Å². The first-order chi connectivity index (χ1) is 11.2. The lowest BCUT2D eigenvalue weighted by Gasteiger charge is -2.17. The van der Waals surface area contributed by atoms with Gasteiger partial charge in [0.15, 0.2) is 0 Å². The Morgan fingerprint density at radius 3 is 2.26 bits per heavy atom. The van der Waals surface area contributed by atoms with E-state index in [9.17, 15) is 0 Å². The summed E-state index contributed by atoms with van der Waals surface area (Å²) in [4.78, 5) is 2.41. The molecule has 0 aromatic heterocycles. The predicted octanol–water partition coefficient (Wildman–Crippen LogP) is 2.63. The van der Waals surface area contributed by atoms with E-state index in [-0.39, 0.29) is 6.04 Å². The van der Waals surface area contributed by atoms with Crippen molar-refractivity contribution in [3.63, 3.8) is 0 Å². The van der Waals surface area contributed by atoms with E-state index in [1.165, 1.54) is 11.1 Å². The van der Waals surface area contributed by atoms with E-state index in [1.54, 1.807) is 14.2 Å². The van der Waals surface area contributed by atoms with Crippen molar-refractivity contribution in [2.45, 2.75) is 18.5 Å². The first-order valence-electron chi connectivity index (χ1n) is 7.94. The number of benzene rings is 2. The molecule has 1 aliphatic heterocycles. The lowest BCUT2D eigenvalue weighted by Crippen LogP contribution is -2.28. The highest BCUT2D eigenvalue weighted by Gasteiger charge is 2.31. The Kier molecular flexibility index (Phi) is 4.84. The molecule has 2 aromatic rings. The van der Waals surface area contributed by atoms with Crippen molar-refractivity contribution in [2.24, 2.45) is 5.73 Å². The number of nitrogens with two attached hydrogens (primary N) is 1. The summed E-state index contributed by atoms with van der Waals surface area (Å²) in [5, 5.41) is 0. The number of hydrogen-bond donors (Lipinski definition) is 1. The van der Waals surface area contributed by atoms with Crippen LogP contribution >= 0.6 is 0 Å². The lowest BCUT2D eigenvalue weighted by molar-refractivity contribution is 0.323. The summed E-state index contributed by atoms with van der Waals surface area (Å²) in [5.41, 5.74) is 8.92. The molecular weight excluding hydrogens is 288 g/mol. The molecule has 0 bridgehead atoms. The van der Waals surface area contributed by atoms with Crippen molar-refractivity contribution in [3.8, 4) is 11.5 Å². The monoisotopic (exact) mass is 312 g/mol. The van der Waals surface area contributed by atoms with E-state index in [0.29, 0.717) is 5.92 Å². The van der Waals surface area contributed by atoms with Crippen LogP contribution in [0.2, 0.25) is 0 Å². The second kappa shape index (κ2) is 7.02. The van der Waals surface area contributed by atoms with Gasteiger partial charge in [-0.2, -0.15) is 0 Å². The zero-order valence-corrected chi connectivity index (χ0v) is 13.7. The molecule has 4 heteroatoms. The normalized spacial score (nSPS) is 21.3. The molecule has 3 rings (SSSR count). The standard InChI is InChI=1S/C19H24N2O2/c1-22-16-8-15(9-17(10-16)23-2)18-12-21(13-19(18)20)11-14-6-4-3-5-7-14/h3-10,18-19H,11-13,20H2,1-2H3. The van der Waals surface area contributed by atoms with Gasteiger partial charge in [0.2, 0.25) is 0 Å². The molecule has 1 saturated heterocycles. The minimum absolute atomic E-state index is 0.121. The Labute approximate surface area is 137 Å². The van der Waals surface area contributed by atoms with Gasteiger partial charge >= 0.3 is 0 Å². The number of nitrogens with zero attached hydrogens (tertiary/aromatic N) is 1. The van der Waals surface area contributed by atoms with Crippen LogP contribution in [0, 0.1) is 0 Å². The SMILES string of the molecule is COc1cc(OC)cc(C2CN(Cc3ccccc3)CC2N)c1. The van der Waals surface area contributed by atoms with Gasteiger partial charge in [-0.05, 0) is 23.3 Å². The van der Waals surface area contributed by atoms with Crippen LogP contribution in [0.4, 0.5) is 0 Å². The topological polar surface area (TPSA) is 47.7 Å². The second-order valence-corrected chi connectivity index (χ2v) is 6.10. The van der Waals surface area contributed by atoms with Gasteiger partial charge in [0, 0.05) is 37.7 Å². The Morgan fingerprint density at radius 1 is 1.00 bits per heavy atom. The number of likely N-dealkylation sites (tertiary alicyclic amines) is 1. The maximum absolute atomic E-state index is 6.41. The number of methoxy groups -OCH3 is 2. The molecule has 1 aliphatic rings. The van der Waals surface area contributed by atoms with Gasteiger partial charge in [0.25, 0.3) is 0 Å². The van der Waals surface area contributed by atoms with Crippen LogP contribution in [0.5, 0.6) is 11.5 Å². The van der Waals surface area contributed by atoms with Gasteiger partial charge < -0.3 is 15.2 Å². The molecule has 2 unspecified atom stereocenters. The molecule has 2 aromatic carbocycles. The second-order valence-electron chi connectivity index (χ2n) is 6.10. The first kappa shape index (κ1) is 15.8. The van der Waals surface area contributed by atoms with Crippen molar-refractivity contribution in [3.05, 3.63) is 59.7 Å². The van der Waals surface area contributed by atoms with Crippen molar-refractivity contribution < 1.29 is 9.47 Å². The number of ether oxygens (including phenoxy) is 2. The van der Waals surface area contributed by atoms with Crippen molar-refractivity contribution in [1.82, 2.24) is 4.90 Å². The van der Waals surface area contributed by atoms with Crippen LogP contribution in [-0.4, -0.2) is 38.3 Å². The molecule has 1 heterocycles. The highest BCUT2D eigenvalue weighted by Crippen LogP contribution is 2.32. The molecule has 0 aliphatic carbocycles. The molecule has 4 nitrogen and oxygen atoms in total. The minimum atomic E-state index is 0.121. The summed E-state index contributed by atoms with van der Waals surface area (Å²) in [6.45, 7) is 2.79. The Morgan fingerprint density at radius 2 is 1.65 bits per heavy atom. The summed E-state index contributed by atoms with van der Waals surface area (Å²) in [6, 6.07) is 16.7. The Balaban J connectivity index is 1.76. The Hall–Kier alpha value is -2.04. The fraction of sp³-hybridized carbons (Fsp3) is 0.368. The van der Waals surface area contributed by atoms with Crippen LogP contribution < -0.4 is 15.2 Å². The van der Waals surface area contributed by atoms with Gasteiger partial charge in [-0.25, -0.2) is 0 Å². The minimum Gasteiger partial charge on any atom is -0.497 e. The van der Waals surface area contributed by atoms with E-state index in [0.717, 1.165) is 31.1 Å². The van der Waals surface area contributed by atoms with Crippen LogP contribution in [0.15, 0.2) is 48.5 Å². The third-order valence-corrected chi connectivity index (χ3v) is 4.49. The summed E-state index contributed by atoms with van der Waals surface area (Å²) >= 11 is 0. The molecule has 122 valence electrons. The van der Waals surface area contributed by atoms with Gasteiger partial charge in [-0.15, -0.1) is 0 Å². The Bertz CT molecular complexity index is 623. The summed E-state index contributed by atoms with van der Waals surface area (Å²) in [7, 11) is 3.35.